The van der Waals surface area contributed by atoms with Crippen molar-refractivity contribution in [3.8, 4) is 0 Å². The number of benzene rings is 1. The van der Waals surface area contributed by atoms with E-state index in [2.05, 4.69) is 10.3 Å². The van der Waals surface area contributed by atoms with E-state index < -0.39 is 9.84 Å². The molecule has 2 heterocycles. The summed E-state index contributed by atoms with van der Waals surface area (Å²) in [4.78, 5) is 16.3. The van der Waals surface area contributed by atoms with Crippen LogP contribution in [0.2, 0.25) is 0 Å². The van der Waals surface area contributed by atoms with Crippen molar-refractivity contribution in [1.82, 2.24) is 10.3 Å². The fourth-order valence-corrected chi connectivity index (χ4v) is 4.16. The molecule has 1 aromatic heterocycles. The Bertz CT molecular complexity index is 766. The van der Waals surface area contributed by atoms with Gasteiger partial charge in [-0.2, -0.15) is 0 Å². The Hall–Kier alpha value is -1.95. The van der Waals surface area contributed by atoms with E-state index in [1.165, 1.54) is 0 Å². The number of aromatic nitrogens is 1. The van der Waals surface area contributed by atoms with Crippen LogP contribution in [0.5, 0.6) is 0 Å². The van der Waals surface area contributed by atoms with Gasteiger partial charge in [0.2, 0.25) is 0 Å². The molecule has 0 radical (unpaired) electrons. The lowest BCUT2D eigenvalue weighted by Crippen LogP contribution is -2.35. The summed E-state index contributed by atoms with van der Waals surface area (Å²) < 4.78 is 22.8. The molecule has 6 heteroatoms. The fraction of sp³-hybridized carbons (Fsp3) is 0.286. The van der Waals surface area contributed by atoms with Gasteiger partial charge < -0.3 is 5.32 Å². The molecular formula is C14H14N2O3S. The first-order chi connectivity index (χ1) is 9.55. The molecule has 1 fully saturated rings. The topological polar surface area (TPSA) is 76.1 Å². The van der Waals surface area contributed by atoms with Crippen LogP contribution in [0.3, 0.4) is 0 Å². The molecule has 0 aliphatic carbocycles. The number of carbonyl (C=O) groups excluding carboxylic acids is 1. The van der Waals surface area contributed by atoms with Crippen molar-refractivity contribution in [1.29, 1.82) is 0 Å². The molecule has 2 aromatic rings. The highest BCUT2D eigenvalue weighted by atomic mass is 32.2. The molecule has 1 aromatic carbocycles. The Labute approximate surface area is 116 Å². The van der Waals surface area contributed by atoms with Crippen LogP contribution in [-0.4, -0.2) is 36.9 Å². The van der Waals surface area contributed by atoms with Gasteiger partial charge in [-0.15, -0.1) is 0 Å². The second-order valence-corrected chi connectivity index (χ2v) is 7.20. The third kappa shape index (κ3) is 2.51. The van der Waals surface area contributed by atoms with E-state index in [1.54, 1.807) is 18.5 Å². The molecule has 1 aliphatic heterocycles. The maximum atomic E-state index is 12.3. The largest absolute Gasteiger partial charge is 0.348 e. The quantitative estimate of drug-likeness (QED) is 0.900. The number of carbonyl (C=O) groups is 1. The average Bonchev–Trinajstić information content (AvgIpc) is 2.77. The average molecular weight is 290 g/mol. The summed E-state index contributed by atoms with van der Waals surface area (Å²) in [7, 11) is -2.99. The van der Waals surface area contributed by atoms with Gasteiger partial charge in [0.25, 0.3) is 5.91 Å². The second-order valence-electron chi connectivity index (χ2n) is 4.98. The summed E-state index contributed by atoms with van der Waals surface area (Å²) in [5, 5.41) is 4.51. The number of nitrogens with zero attached hydrogens (tertiary/aromatic N) is 1. The third-order valence-corrected chi connectivity index (χ3v) is 5.26. The molecule has 1 amide bonds. The number of sulfone groups is 1. The summed E-state index contributed by atoms with van der Waals surface area (Å²) in [6.07, 6.45) is 3.81. The van der Waals surface area contributed by atoms with Crippen LogP contribution < -0.4 is 5.32 Å². The zero-order valence-corrected chi connectivity index (χ0v) is 11.6. The van der Waals surface area contributed by atoms with Crippen LogP contribution in [0, 0.1) is 0 Å². The first-order valence-electron chi connectivity index (χ1n) is 6.39. The summed E-state index contributed by atoms with van der Waals surface area (Å²) in [6, 6.07) is 6.99. The normalized spacial score (nSPS) is 20.9. The lowest BCUT2D eigenvalue weighted by Gasteiger charge is -2.12. The van der Waals surface area contributed by atoms with Crippen molar-refractivity contribution in [2.75, 3.05) is 11.5 Å². The second kappa shape index (κ2) is 4.86. The van der Waals surface area contributed by atoms with Crippen molar-refractivity contribution < 1.29 is 13.2 Å². The smallest absolute Gasteiger partial charge is 0.252 e. The number of hydrogen-bond acceptors (Lipinski definition) is 4. The number of nitrogens with one attached hydrogen (secondary N) is 1. The summed E-state index contributed by atoms with van der Waals surface area (Å²) in [5.41, 5.74) is 0.528. The minimum absolute atomic E-state index is 0.0295. The Kier molecular flexibility index (Phi) is 3.17. The molecule has 1 saturated heterocycles. The number of fused-ring (bicyclic) bond motifs is 1. The number of hydrogen-bond donors (Lipinski definition) is 1. The van der Waals surface area contributed by atoms with E-state index in [-0.39, 0.29) is 23.5 Å². The van der Waals surface area contributed by atoms with E-state index in [9.17, 15) is 13.2 Å². The van der Waals surface area contributed by atoms with Crippen molar-refractivity contribution in [3.63, 3.8) is 0 Å². The van der Waals surface area contributed by atoms with Crippen LogP contribution in [0.4, 0.5) is 0 Å². The zero-order valence-electron chi connectivity index (χ0n) is 10.7. The highest BCUT2D eigenvalue weighted by Gasteiger charge is 2.29. The molecule has 3 rings (SSSR count). The molecule has 5 nitrogen and oxygen atoms in total. The zero-order chi connectivity index (χ0) is 14.2. The maximum Gasteiger partial charge on any atom is 0.252 e. The molecule has 104 valence electrons. The molecule has 1 atom stereocenters. The minimum atomic E-state index is -2.99. The Morgan fingerprint density at radius 1 is 1.30 bits per heavy atom. The molecule has 0 saturated carbocycles. The lowest BCUT2D eigenvalue weighted by atomic mass is 10.1. The summed E-state index contributed by atoms with van der Waals surface area (Å²) in [6.45, 7) is 0. The fourth-order valence-electron chi connectivity index (χ4n) is 2.48. The molecule has 20 heavy (non-hydrogen) atoms. The summed E-state index contributed by atoms with van der Waals surface area (Å²) in [5.74, 6) is -0.0673. The minimum Gasteiger partial charge on any atom is -0.348 e. The van der Waals surface area contributed by atoms with Crippen LogP contribution in [-0.2, 0) is 9.84 Å². The Morgan fingerprint density at radius 3 is 2.90 bits per heavy atom. The van der Waals surface area contributed by atoms with Gasteiger partial charge in [0, 0.05) is 29.4 Å². The Balaban J connectivity index is 1.86. The number of rotatable bonds is 2. The van der Waals surface area contributed by atoms with Crippen molar-refractivity contribution in [2.24, 2.45) is 0 Å². The highest BCUT2D eigenvalue weighted by Crippen LogP contribution is 2.18. The SMILES string of the molecule is O=C(NC1CCS(=O)(=O)C1)c1cccc2ccncc12. The van der Waals surface area contributed by atoms with Gasteiger partial charge >= 0.3 is 0 Å². The molecular weight excluding hydrogens is 276 g/mol. The van der Waals surface area contributed by atoms with E-state index in [0.29, 0.717) is 12.0 Å². The van der Waals surface area contributed by atoms with E-state index >= 15 is 0 Å². The number of pyridine rings is 1. The van der Waals surface area contributed by atoms with Gasteiger partial charge in [-0.05, 0) is 23.9 Å². The van der Waals surface area contributed by atoms with Gasteiger partial charge in [-0.3, -0.25) is 9.78 Å². The van der Waals surface area contributed by atoms with E-state index in [0.717, 1.165) is 10.8 Å². The maximum absolute atomic E-state index is 12.3. The van der Waals surface area contributed by atoms with Crippen LogP contribution in [0.25, 0.3) is 10.8 Å². The van der Waals surface area contributed by atoms with Crippen molar-refractivity contribution in [2.45, 2.75) is 12.5 Å². The van der Waals surface area contributed by atoms with Crippen molar-refractivity contribution in [3.05, 3.63) is 42.2 Å². The van der Waals surface area contributed by atoms with E-state index in [4.69, 9.17) is 0 Å². The Morgan fingerprint density at radius 2 is 2.15 bits per heavy atom. The molecule has 1 unspecified atom stereocenters. The highest BCUT2D eigenvalue weighted by molar-refractivity contribution is 7.91. The predicted octanol–water partition coefficient (Wildman–Crippen LogP) is 1.15. The predicted molar refractivity (Wildman–Crippen MR) is 76.3 cm³/mol. The first kappa shape index (κ1) is 13.1. The first-order valence-corrected chi connectivity index (χ1v) is 8.21. The number of amides is 1. The molecule has 0 bridgehead atoms. The van der Waals surface area contributed by atoms with Gasteiger partial charge in [0.05, 0.1) is 11.5 Å². The van der Waals surface area contributed by atoms with Crippen molar-refractivity contribution >= 4 is 26.5 Å². The van der Waals surface area contributed by atoms with Crippen LogP contribution >= 0.6 is 0 Å². The standard InChI is InChI=1S/C14H14N2O3S/c17-14(16-11-5-7-20(18,19)9-11)12-3-1-2-10-4-6-15-8-13(10)12/h1-4,6,8,11H,5,7,9H2,(H,16,17). The van der Waals surface area contributed by atoms with E-state index in [1.807, 2.05) is 18.2 Å². The molecule has 1 N–H and O–H groups in total. The van der Waals surface area contributed by atoms with Gasteiger partial charge in [0.1, 0.15) is 0 Å². The van der Waals surface area contributed by atoms with Crippen LogP contribution in [0.15, 0.2) is 36.7 Å². The molecule has 0 spiro atoms. The monoisotopic (exact) mass is 290 g/mol. The summed E-state index contributed by atoms with van der Waals surface area (Å²) >= 11 is 0. The lowest BCUT2D eigenvalue weighted by molar-refractivity contribution is 0.0943. The van der Waals surface area contributed by atoms with Gasteiger partial charge in [-0.25, -0.2) is 8.42 Å². The van der Waals surface area contributed by atoms with Crippen LogP contribution in [0.1, 0.15) is 16.8 Å². The molecule has 1 aliphatic rings. The van der Waals surface area contributed by atoms with Gasteiger partial charge in [-0.1, -0.05) is 12.1 Å². The third-order valence-electron chi connectivity index (χ3n) is 3.50. The van der Waals surface area contributed by atoms with Gasteiger partial charge in [0.15, 0.2) is 9.84 Å².